The summed E-state index contributed by atoms with van der Waals surface area (Å²) < 4.78 is 0. The number of nitrogens with zero attached hydrogens (tertiary/aromatic N) is 1. The van der Waals surface area contributed by atoms with E-state index in [0.717, 1.165) is 42.7 Å². The van der Waals surface area contributed by atoms with E-state index < -0.39 is 0 Å². The Balaban J connectivity index is 1.48. The van der Waals surface area contributed by atoms with E-state index >= 15 is 0 Å². The molecule has 0 radical (unpaired) electrons. The Bertz CT molecular complexity index is 341. The third-order valence-corrected chi connectivity index (χ3v) is 6.61. The summed E-state index contributed by atoms with van der Waals surface area (Å²) in [6.45, 7) is 4.39. The van der Waals surface area contributed by atoms with Crippen LogP contribution in [0, 0.1) is 35.5 Å². The molecule has 5 aliphatic rings. The summed E-state index contributed by atoms with van der Waals surface area (Å²) in [6, 6.07) is 0. The van der Waals surface area contributed by atoms with Crippen molar-refractivity contribution in [2.24, 2.45) is 35.5 Å². The maximum absolute atomic E-state index is 12.9. The van der Waals surface area contributed by atoms with Gasteiger partial charge in [0.2, 0.25) is 5.91 Å². The van der Waals surface area contributed by atoms with Crippen LogP contribution in [0.4, 0.5) is 0 Å². The summed E-state index contributed by atoms with van der Waals surface area (Å²) in [5.41, 5.74) is 0. The normalized spacial score (nSPS) is 45.7. The summed E-state index contributed by atoms with van der Waals surface area (Å²) >= 11 is 0. The number of carbonyl (C=O) groups is 1. The number of hydrogen-bond donors (Lipinski definition) is 0. The van der Waals surface area contributed by atoms with Crippen LogP contribution in [0.2, 0.25) is 0 Å². The van der Waals surface area contributed by atoms with Gasteiger partial charge in [-0.3, -0.25) is 4.79 Å². The van der Waals surface area contributed by atoms with Crippen molar-refractivity contribution in [2.75, 3.05) is 13.1 Å². The van der Waals surface area contributed by atoms with Crippen LogP contribution >= 0.6 is 0 Å². The molecule has 4 saturated carbocycles. The SMILES string of the molecule is CC1CCN(C(=O)C2C3CC4CC(C3)CC2C4)CC1. The molecule has 4 bridgehead atoms. The molecule has 0 atom stereocenters. The first-order valence-electron chi connectivity index (χ1n) is 8.49. The van der Waals surface area contributed by atoms with Gasteiger partial charge >= 0.3 is 0 Å². The van der Waals surface area contributed by atoms with Gasteiger partial charge in [-0.15, -0.1) is 0 Å². The van der Waals surface area contributed by atoms with Gasteiger partial charge in [-0.25, -0.2) is 0 Å². The molecule has 5 fully saturated rings. The molecule has 0 N–H and O–H groups in total. The largest absolute Gasteiger partial charge is 0.342 e. The van der Waals surface area contributed by atoms with Crippen molar-refractivity contribution in [3.8, 4) is 0 Å². The van der Waals surface area contributed by atoms with Gasteiger partial charge in [0, 0.05) is 19.0 Å². The van der Waals surface area contributed by atoms with Gasteiger partial charge in [0.15, 0.2) is 0 Å². The highest BCUT2D eigenvalue weighted by molar-refractivity contribution is 5.80. The number of hydrogen-bond acceptors (Lipinski definition) is 1. The molecule has 19 heavy (non-hydrogen) atoms. The molecular weight excluding hydrogens is 234 g/mol. The van der Waals surface area contributed by atoms with Crippen LogP contribution < -0.4 is 0 Å². The first-order chi connectivity index (χ1) is 9.20. The van der Waals surface area contributed by atoms with Crippen LogP contribution in [0.5, 0.6) is 0 Å². The number of piperidine rings is 1. The van der Waals surface area contributed by atoms with Crippen molar-refractivity contribution >= 4 is 5.91 Å². The van der Waals surface area contributed by atoms with E-state index in [0.29, 0.717) is 11.8 Å². The van der Waals surface area contributed by atoms with Crippen LogP contribution in [-0.4, -0.2) is 23.9 Å². The fourth-order valence-corrected chi connectivity index (χ4v) is 5.77. The van der Waals surface area contributed by atoms with Gasteiger partial charge in [0.25, 0.3) is 0 Å². The van der Waals surface area contributed by atoms with Gasteiger partial charge in [-0.2, -0.15) is 0 Å². The highest BCUT2D eigenvalue weighted by Gasteiger charge is 2.51. The van der Waals surface area contributed by atoms with E-state index in [9.17, 15) is 4.79 Å². The lowest BCUT2D eigenvalue weighted by Crippen LogP contribution is -2.53. The quantitative estimate of drug-likeness (QED) is 0.709. The van der Waals surface area contributed by atoms with Crippen molar-refractivity contribution in [1.82, 2.24) is 4.90 Å². The molecule has 0 spiro atoms. The molecule has 5 rings (SSSR count). The minimum absolute atomic E-state index is 0.418. The summed E-state index contributed by atoms with van der Waals surface area (Å²) in [5.74, 6) is 5.25. The zero-order valence-electron chi connectivity index (χ0n) is 12.2. The Kier molecular flexibility index (Phi) is 2.89. The second-order valence-electron chi connectivity index (χ2n) is 7.96. The Labute approximate surface area is 116 Å². The van der Waals surface area contributed by atoms with Gasteiger partial charge < -0.3 is 4.90 Å². The Hall–Kier alpha value is -0.530. The van der Waals surface area contributed by atoms with Crippen molar-refractivity contribution in [2.45, 2.75) is 51.9 Å². The van der Waals surface area contributed by atoms with Crippen molar-refractivity contribution in [1.29, 1.82) is 0 Å². The summed E-state index contributed by atoms with van der Waals surface area (Å²) in [6.07, 6.45) is 9.40. The fourth-order valence-electron chi connectivity index (χ4n) is 5.77. The molecule has 0 aromatic carbocycles. The maximum atomic E-state index is 12.9. The predicted octanol–water partition coefficient (Wildman–Crippen LogP) is 3.32. The molecular formula is C17H27NO. The van der Waals surface area contributed by atoms with Gasteiger partial charge in [-0.05, 0) is 74.5 Å². The Morgan fingerprint density at radius 1 is 0.895 bits per heavy atom. The summed E-state index contributed by atoms with van der Waals surface area (Å²) in [7, 11) is 0. The van der Waals surface area contributed by atoms with Crippen molar-refractivity contribution in [3.05, 3.63) is 0 Å². The molecule has 1 heterocycles. The minimum atomic E-state index is 0.418. The predicted molar refractivity (Wildman–Crippen MR) is 75.5 cm³/mol. The minimum Gasteiger partial charge on any atom is -0.342 e. The topological polar surface area (TPSA) is 20.3 Å². The number of rotatable bonds is 1. The Morgan fingerprint density at radius 3 is 1.95 bits per heavy atom. The maximum Gasteiger partial charge on any atom is 0.226 e. The van der Waals surface area contributed by atoms with E-state index in [1.165, 1.54) is 44.9 Å². The van der Waals surface area contributed by atoms with Crippen LogP contribution in [0.3, 0.4) is 0 Å². The molecule has 106 valence electrons. The fraction of sp³-hybridized carbons (Fsp3) is 0.941. The number of likely N-dealkylation sites (tertiary alicyclic amines) is 1. The first-order valence-corrected chi connectivity index (χ1v) is 8.49. The van der Waals surface area contributed by atoms with Gasteiger partial charge in [0.05, 0.1) is 0 Å². The first kappa shape index (κ1) is 12.2. The standard InChI is InChI=1S/C17H27NO/c1-11-2-4-18(5-3-11)17(19)16-14-7-12-6-13(9-14)10-15(16)8-12/h11-16H,2-10H2,1H3. The van der Waals surface area contributed by atoms with Crippen LogP contribution in [-0.2, 0) is 4.79 Å². The van der Waals surface area contributed by atoms with Crippen LogP contribution in [0.1, 0.15) is 51.9 Å². The molecule has 0 aromatic rings. The van der Waals surface area contributed by atoms with E-state index in [1.807, 2.05) is 0 Å². The molecule has 0 unspecified atom stereocenters. The second-order valence-corrected chi connectivity index (χ2v) is 7.96. The molecule has 1 saturated heterocycles. The lowest BCUT2D eigenvalue weighted by atomic mass is 9.51. The highest BCUT2D eigenvalue weighted by Crippen LogP contribution is 2.56. The second kappa shape index (κ2) is 4.49. The van der Waals surface area contributed by atoms with E-state index in [-0.39, 0.29) is 0 Å². The van der Waals surface area contributed by atoms with Gasteiger partial charge in [-0.1, -0.05) is 6.92 Å². The smallest absolute Gasteiger partial charge is 0.226 e. The highest BCUT2D eigenvalue weighted by atomic mass is 16.2. The average Bonchev–Trinajstić information content (AvgIpc) is 2.38. The molecule has 2 nitrogen and oxygen atoms in total. The summed E-state index contributed by atoms with van der Waals surface area (Å²) in [5, 5.41) is 0. The van der Waals surface area contributed by atoms with Gasteiger partial charge in [0.1, 0.15) is 0 Å². The molecule has 0 aromatic heterocycles. The molecule has 1 amide bonds. The molecule has 2 heteroatoms. The molecule has 1 aliphatic heterocycles. The number of amides is 1. The number of carbonyl (C=O) groups excluding carboxylic acids is 1. The zero-order valence-corrected chi connectivity index (χ0v) is 12.2. The third kappa shape index (κ3) is 2.02. The van der Waals surface area contributed by atoms with E-state index in [2.05, 4.69) is 11.8 Å². The molecule has 4 aliphatic carbocycles. The van der Waals surface area contributed by atoms with Crippen molar-refractivity contribution < 1.29 is 4.79 Å². The summed E-state index contributed by atoms with van der Waals surface area (Å²) in [4.78, 5) is 15.1. The van der Waals surface area contributed by atoms with E-state index in [4.69, 9.17) is 0 Å². The Morgan fingerprint density at radius 2 is 1.42 bits per heavy atom. The zero-order chi connectivity index (χ0) is 13.0. The third-order valence-electron chi connectivity index (χ3n) is 6.61. The van der Waals surface area contributed by atoms with Crippen LogP contribution in [0.25, 0.3) is 0 Å². The lowest BCUT2D eigenvalue weighted by Gasteiger charge is -2.54. The average molecular weight is 261 g/mol. The van der Waals surface area contributed by atoms with Crippen LogP contribution in [0.15, 0.2) is 0 Å². The monoisotopic (exact) mass is 261 g/mol. The van der Waals surface area contributed by atoms with E-state index in [1.54, 1.807) is 0 Å². The lowest BCUT2D eigenvalue weighted by molar-refractivity contribution is -0.150. The van der Waals surface area contributed by atoms with Crippen molar-refractivity contribution in [3.63, 3.8) is 0 Å².